The average Bonchev–Trinajstić information content (AvgIpc) is 3.08. The van der Waals surface area contributed by atoms with E-state index in [2.05, 4.69) is 17.2 Å². The van der Waals surface area contributed by atoms with Crippen LogP contribution in [0.1, 0.15) is 54.2 Å². The molecule has 2 aromatic rings. The monoisotopic (exact) mass is 317 g/mol. The Morgan fingerprint density at radius 2 is 2.30 bits per heavy atom. The molecule has 6 heteroatoms. The maximum absolute atomic E-state index is 12.1. The molecule has 124 valence electrons. The van der Waals surface area contributed by atoms with E-state index in [1.165, 1.54) is 6.26 Å². The van der Waals surface area contributed by atoms with Gasteiger partial charge in [0.15, 0.2) is 5.69 Å². The predicted octanol–water partition coefficient (Wildman–Crippen LogP) is 2.80. The Morgan fingerprint density at radius 3 is 3.04 bits per heavy atom. The number of oxazole rings is 1. The van der Waals surface area contributed by atoms with Crippen molar-refractivity contribution in [2.24, 2.45) is 5.73 Å². The van der Waals surface area contributed by atoms with Gasteiger partial charge in [-0.15, -0.1) is 0 Å². The minimum absolute atomic E-state index is 0.245. The molecular weight excluding hydrogens is 294 g/mol. The fraction of sp³-hybridized carbons (Fsp3) is 0.412. The molecule has 1 amide bonds. The third-order valence-corrected chi connectivity index (χ3v) is 3.53. The highest BCUT2D eigenvalue weighted by Gasteiger charge is 2.16. The lowest BCUT2D eigenvalue weighted by Crippen LogP contribution is -2.23. The lowest BCUT2D eigenvalue weighted by Gasteiger charge is -2.06. The zero-order valence-corrected chi connectivity index (χ0v) is 13.5. The topological polar surface area (TPSA) is 90.4 Å². The van der Waals surface area contributed by atoms with Gasteiger partial charge in [-0.1, -0.05) is 31.9 Å². The van der Waals surface area contributed by atoms with Gasteiger partial charge in [-0.2, -0.15) is 0 Å². The number of nitrogens with zero attached hydrogens (tertiary/aromatic N) is 1. The molecule has 0 aliphatic carbocycles. The Morgan fingerprint density at radius 1 is 1.48 bits per heavy atom. The molecule has 0 radical (unpaired) electrons. The number of unbranched alkanes of at least 4 members (excludes halogenated alkanes) is 1. The Balaban J connectivity index is 1.91. The zero-order valence-electron chi connectivity index (χ0n) is 13.5. The van der Waals surface area contributed by atoms with Gasteiger partial charge < -0.3 is 20.2 Å². The standard InChI is InChI=1S/C17H23N3O3/c1-3-4-8-14(18)17-20-15(11-23-17)16(21)19-10-12-6-5-7-13(9-12)22-2/h5-7,9,11,14H,3-4,8,10,18H2,1-2H3,(H,19,21). The van der Waals surface area contributed by atoms with E-state index in [4.69, 9.17) is 14.9 Å². The fourth-order valence-electron chi connectivity index (χ4n) is 2.17. The lowest BCUT2D eigenvalue weighted by atomic mass is 10.1. The number of nitrogens with one attached hydrogen (secondary N) is 1. The van der Waals surface area contributed by atoms with Crippen molar-refractivity contribution in [3.05, 3.63) is 47.7 Å². The van der Waals surface area contributed by atoms with Crippen LogP contribution in [-0.4, -0.2) is 18.0 Å². The van der Waals surface area contributed by atoms with E-state index < -0.39 is 0 Å². The molecule has 6 nitrogen and oxygen atoms in total. The first-order valence-electron chi connectivity index (χ1n) is 7.76. The number of carbonyl (C=O) groups excluding carboxylic acids is 1. The summed E-state index contributed by atoms with van der Waals surface area (Å²) in [6.07, 6.45) is 4.20. The van der Waals surface area contributed by atoms with Crippen LogP contribution in [0.5, 0.6) is 5.75 Å². The maximum atomic E-state index is 12.1. The summed E-state index contributed by atoms with van der Waals surface area (Å²) in [5, 5.41) is 2.80. The highest BCUT2D eigenvalue weighted by atomic mass is 16.5. The van der Waals surface area contributed by atoms with E-state index >= 15 is 0 Å². The Hall–Kier alpha value is -2.34. The number of aromatic nitrogens is 1. The predicted molar refractivity (Wildman–Crippen MR) is 87.1 cm³/mol. The van der Waals surface area contributed by atoms with Gasteiger partial charge >= 0.3 is 0 Å². The molecule has 0 saturated heterocycles. The van der Waals surface area contributed by atoms with E-state index in [1.54, 1.807) is 7.11 Å². The molecule has 1 aromatic carbocycles. The van der Waals surface area contributed by atoms with Crippen LogP contribution in [0.15, 0.2) is 34.9 Å². The molecule has 0 aliphatic heterocycles. The summed E-state index contributed by atoms with van der Waals surface area (Å²) in [7, 11) is 1.61. The van der Waals surface area contributed by atoms with E-state index in [9.17, 15) is 4.79 Å². The molecule has 1 atom stereocenters. The van der Waals surface area contributed by atoms with Gasteiger partial charge in [0.25, 0.3) is 5.91 Å². The summed E-state index contributed by atoms with van der Waals surface area (Å²) in [5.41, 5.74) is 7.18. The largest absolute Gasteiger partial charge is 0.497 e. The first-order chi connectivity index (χ1) is 11.1. The summed E-state index contributed by atoms with van der Waals surface area (Å²) in [6.45, 7) is 2.49. The normalized spacial score (nSPS) is 12.0. The maximum Gasteiger partial charge on any atom is 0.273 e. The lowest BCUT2D eigenvalue weighted by molar-refractivity contribution is 0.0946. The van der Waals surface area contributed by atoms with Gasteiger partial charge in [-0.3, -0.25) is 4.79 Å². The highest BCUT2D eigenvalue weighted by molar-refractivity contribution is 5.91. The Labute approximate surface area is 136 Å². The molecule has 0 bridgehead atoms. The van der Waals surface area contributed by atoms with Gasteiger partial charge in [0.05, 0.1) is 13.2 Å². The molecule has 3 N–H and O–H groups in total. The van der Waals surface area contributed by atoms with Crippen molar-refractivity contribution in [1.29, 1.82) is 0 Å². The minimum atomic E-state index is -0.287. The van der Waals surface area contributed by atoms with Gasteiger partial charge in [-0.05, 0) is 24.1 Å². The van der Waals surface area contributed by atoms with Gasteiger partial charge in [0.1, 0.15) is 12.0 Å². The van der Waals surface area contributed by atoms with Crippen molar-refractivity contribution < 1.29 is 13.9 Å². The molecule has 0 spiro atoms. The summed E-state index contributed by atoms with van der Waals surface area (Å²) in [4.78, 5) is 16.3. The van der Waals surface area contributed by atoms with Crippen LogP contribution in [0.2, 0.25) is 0 Å². The Kier molecular flexibility index (Phi) is 6.17. The van der Waals surface area contributed by atoms with Crippen LogP contribution in [0, 0.1) is 0 Å². The molecule has 0 fully saturated rings. The number of benzene rings is 1. The summed E-state index contributed by atoms with van der Waals surface area (Å²) >= 11 is 0. The number of hydrogen-bond acceptors (Lipinski definition) is 5. The van der Waals surface area contributed by atoms with Gasteiger partial charge in [0.2, 0.25) is 5.89 Å². The SMILES string of the molecule is CCCCC(N)c1nc(C(=O)NCc2cccc(OC)c2)co1. The van der Waals surface area contributed by atoms with Crippen LogP contribution in [0.4, 0.5) is 0 Å². The average molecular weight is 317 g/mol. The van der Waals surface area contributed by atoms with Crippen LogP contribution >= 0.6 is 0 Å². The van der Waals surface area contributed by atoms with Crippen LogP contribution < -0.4 is 15.8 Å². The first-order valence-corrected chi connectivity index (χ1v) is 7.76. The van der Waals surface area contributed by atoms with Crippen molar-refractivity contribution in [2.45, 2.75) is 38.8 Å². The van der Waals surface area contributed by atoms with Crippen molar-refractivity contribution in [2.75, 3.05) is 7.11 Å². The number of methoxy groups -OCH3 is 1. The molecule has 1 aromatic heterocycles. The number of rotatable bonds is 8. The van der Waals surface area contributed by atoms with E-state index in [0.29, 0.717) is 12.4 Å². The van der Waals surface area contributed by atoms with Crippen LogP contribution in [-0.2, 0) is 6.54 Å². The van der Waals surface area contributed by atoms with Crippen molar-refractivity contribution in [3.8, 4) is 5.75 Å². The van der Waals surface area contributed by atoms with Gasteiger partial charge in [0, 0.05) is 6.54 Å². The Bertz CT molecular complexity index is 640. The second kappa shape index (κ2) is 8.33. The molecule has 0 aliphatic rings. The van der Waals surface area contributed by atoms with Crippen LogP contribution in [0.25, 0.3) is 0 Å². The second-order valence-corrected chi connectivity index (χ2v) is 5.35. The number of hydrogen-bond donors (Lipinski definition) is 2. The third-order valence-electron chi connectivity index (χ3n) is 3.53. The first kappa shape index (κ1) is 17.0. The summed E-state index contributed by atoms with van der Waals surface area (Å²) < 4.78 is 10.5. The molecule has 0 saturated carbocycles. The van der Waals surface area contributed by atoms with E-state index in [1.807, 2.05) is 24.3 Å². The number of amides is 1. The number of carbonyl (C=O) groups is 1. The number of nitrogens with two attached hydrogens (primary N) is 1. The smallest absolute Gasteiger partial charge is 0.273 e. The highest BCUT2D eigenvalue weighted by Crippen LogP contribution is 2.16. The van der Waals surface area contributed by atoms with Crippen molar-refractivity contribution in [1.82, 2.24) is 10.3 Å². The molecule has 23 heavy (non-hydrogen) atoms. The van der Waals surface area contributed by atoms with E-state index in [0.717, 1.165) is 30.6 Å². The molecule has 1 heterocycles. The number of ether oxygens (including phenoxy) is 1. The van der Waals surface area contributed by atoms with Crippen molar-refractivity contribution >= 4 is 5.91 Å². The minimum Gasteiger partial charge on any atom is -0.497 e. The third kappa shape index (κ3) is 4.82. The van der Waals surface area contributed by atoms with Crippen LogP contribution in [0.3, 0.4) is 0 Å². The molecule has 2 rings (SSSR count). The second-order valence-electron chi connectivity index (χ2n) is 5.35. The summed E-state index contributed by atoms with van der Waals surface area (Å²) in [6, 6.07) is 7.25. The summed E-state index contributed by atoms with van der Waals surface area (Å²) in [5.74, 6) is 0.873. The fourth-order valence-corrected chi connectivity index (χ4v) is 2.17. The molecule has 1 unspecified atom stereocenters. The van der Waals surface area contributed by atoms with Gasteiger partial charge in [-0.25, -0.2) is 4.98 Å². The molecular formula is C17H23N3O3. The zero-order chi connectivity index (χ0) is 16.7. The van der Waals surface area contributed by atoms with E-state index in [-0.39, 0.29) is 17.6 Å². The quantitative estimate of drug-likeness (QED) is 0.781. The van der Waals surface area contributed by atoms with Crippen molar-refractivity contribution in [3.63, 3.8) is 0 Å².